The minimum absolute atomic E-state index is 0. The van der Waals surface area contributed by atoms with E-state index in [0.717, 1.165) is 17.8 Å². The fraction of sp³-hybridized carbons (Fsp3) is 1.00. The minimum Gasteiger partial charge on any atom is -0.0776 e. The highest BCUT2D eigenvalue weighted by atomic mass is 14.2. The van der Waals surface area contributed by atoms with E-state index in [9.17, 15) is 0 Å². The molecule has 0 rings (SSSR count). The third-order valence-corrected chi connectivity index (χ3v) is 2.82. The van der Waals surface area contributed by atoms with Gasteiger partial charge in [0.2, 0.25) is 0 Å². The molecule has 0 aliphatic carbocycles. The van der Waals surface area contributed by atoms with Crippen LogP contribution in [0, 0.1) is 17.8 Å². The molecule has 14 heavy (non-hydrogen) atoms. The van der Waals surface area contributed by atoms with Crippen molar-refractivity contribution in [1.82, 2.24) is 0 Å². The summed E-state index contributed by atoms with van der Waals surface area (Å²) in [6, 6.07) is 0. The molecule has 1 unspecified atom stereocenters. The Bertz CT molecular complexity index is 92.2. The zero-order valence-electron chi connectivity index (χ0n) is 9.56. The second kappa shape index (κ2) is 11.1. The van der Waals surface area contributed by atoms with Gasteiger partial charge in [0.15, 0.2) is 0 Å². The summed E-state index contributed by atoms with van der Waals surface area (Å²) in [6.07, 6.45) is 5.62. The maximum atomic E-state index is 2.35. The van der Waals surface area contributed by atoms with Gasteiger partial charge in [-0.1, -0.05) is 75.2 Å². The highest BCUT2D eigenvalue weighted by molar-refractivity contribution is 4.61. The van der Waals surface area contributed by atoms with Gasteiger partial charge in [0, 0.05) is 0 Å². The van der Waals surface area contributed by atoms with Crippen LogP contribution in [-0.4, -0.2) is 0 Å². The molecule has 1 atom stereocenters. The van der Waals surface area contributed by atoms with Crippen LogP contribution in [0.4, 0.5) is 0 Å². The molecule has 0 aromatic heterocycles. The summed E-state index contributed by atoms with van der Waals surface area (Å²) in [5.74, 6) is 2.72. The molecule has 90 valence electrons. The highest BCUT2D eigenvalue weighted by Gasteiger charge is 2.10. The third kappa shape index (κ3) is 10.1. The van der Waals surface area contributed by atoms with E-state index in [1.807, 2.05) is 0 Å². The molecule has 0 aromatic rings. The van der Waals surface area contributed by atoms with Crippen molar-refractivity contribution in [2.75, 3.05) is 0 Å². The van der Waals surface area contributed by atoms with Crippen molar-refractivity contribution in [2.24, 2.45) is 17.8 Å². The van der Waals surface area contributed by atoms with Crippen LogP contribution in [0.2, 0.25) is 0 Å². The summed E-state index contributed by atoms with van der Waals surface area (Å²) in [4.78, 5) is 0. The molecule has 0 fully saturated rings. The maximum Gasteiger partial charge on any atom is -0.0394 e. The molecule has 0 saturated carbocycles. The molecule has 0 aliphatic heterocycles. The molecule has 0 heterocycles. The summed E-state index contributed by atoms with van der Waals surface area (Å²) in [6.45, 7) is 11.7. The molecule has 0 heteroatoms. The number of rotatable bonds is 6. The van der Waals surface area contributed by atoms with Crippen LogP contribution in [0.1, 0.15) is 75.2 Å². The molecule has 0 aliphatic rings. The van der Waals surface area contributed by atoms with E-state index < -0.39 is 0 Å². The molecule has 0 spiro atoms. The highest BCUT2D eigenvalue weighted by Crippen LogP contribution is 2.22. The Labute approximate surface area is 93.5 Å². The van der Waals surface area contributed by atoms with Gasteiger partial charge in [-0.2, -0.15) is 0 Å². The van der Waals surface area contributed by atoms with Gasteiger partial charge >= 0.3 is 0 Å². The molecule has 0 bridgehead atoms. The van der Waals surface area contributed by atoms with Crippen LogP contribution in [0.5, 0.6) is 0 Å². The molecule has 0 N–H and O–H groups in total. The Hall–Kier alpha value is 0. The van der Waals surface area contributed by atoms with Gasteiger partial charge in [-0.25, -0.2) is 0 Å². The van der Waals surface area contributed by atoms with E-state index in [1.165, 1.54) is 25.7 Å². The SMILES string of the molecule is C.C.CCC(CCCC(C)C)C(C)C. The average molecular weight is 202 g/mol. The Morgan fingerprint density at radius 3 is 1.64 bits per heavy atom. The normalized spacial score (nSPS) is 12.2. The van der Waals surface area contributed by atoms with Crippen molar-refractivity contribution in [3.05, 3.63) is 0 Å². The molecular weight excluding hydrogens is 168 g/mol. The van der Waals surface area contributed by atoms with Gasteiger partial charge in [-0.3, -0.25) is 0 Å². The van der Waals surface area contributed by atoms with Gasteiger partial charge in [0.05, 0.1) is 0 Å². The first-order valence-electron chi connectivity index (χ1n) is 5.57. The van der Waals surface area contributed by atoms with Crippen LogP contribution in [0.25, 0.3) is 0 Å². The predicted molar refractivity (Wildman–Crippen MR) is 70.8 cm³/mol. The fourth-order valence-electron chi connectivity index (χ4n) is 1.80. The van der Waals surface area contributed by atoms with Crippen molar-refractivity contribution < 1.29 is 0 Å². The second-order valence-electron chi connectivity index (χ2n) is 4.74. The smallest absolute Gasteiger partial charge is 0.0394 e. The third-order valence-electron chi connectivity index (χ3n) is 2.82. The van der Waals surface area contributed by atoms with E-state index in [1.54, 1.807) is 0 Å². The molecule has 0 saturated heterocycles. The van der Waals surface area contributed by atoms with Crippen LogP contribution in [0.15, 0.2) is 0 Å². The lowest BCUT2D eigenvalue weighted by Crippen LogP contribution is -2.07. The zero-order chi connectivity index (χ0) is 9.56. The zero-order valence-corrected chi connectivity index (χ0v) is 9.56. The Balaban J connectivity index is -0.000000605. The number of hydrogen-bond donors (Lipinski definition) is 0. The first kappa shape index (κ1) is 19.6. The lowest BCUT2D eigenvalue weighted by atomic mass is 9.87. The van der Waals surface area contributed by atoms with Crippen molar-refractivity contribution in [1.29, 1.82) is 0 Å². The lowest BCUT2D eigenvalue weighted by molar-refractivity contribution is 0.329. The summed E-state index contributed by atoms with van der Waals surface area (Å²) in [7, 11) is 0. The summed E-state index contributed by atoms with van der Waals surface area (Å²) in [5.41, 5.74) is 0. The van der Waals surface area contributed by atoms with Gasteiger partial charge in [-0.05, 0) is 17.8 Å². The Morgan fingerprint density at radius 1 is 0.857 bits per heavy atom. The summed E-state index contributed by atoms with van der Waals surface area (Å²) in [5, 5.41) is 0. The van der Waals surface area contributed by atoms with E-state index >= 15 is 0 Å². The quantitative estimate of drug-likeness (QED) is 0.513. The standard InChI is InChI=1S/C12H26.2CH4/c1-6-12(11(4)5)9-7-8-10(2)3;;/h10-12H,6-9H2,1-5H3;2*1H4. The summed E-state index contributed by atoms with van der Waals surface area (Å²) < 4.78 is 0. The average Bonchev–Trinajstić information content (AvgIpc) is 1.96. The first-order chi connectivity index (χ1) is 5.57. The van der Waals surface area contributed by atoms with E-state index in [-0.39, 0.29) is 14.9 Å². The first-order valence-corrected chi connectivity index (χ1v) is 5.57. The van der Waals surface area contributed by atoms with Crippen LogP contribution < -0.4 is 0 Å². The van der Waals surface area contributed by atoms with Gasteiger partial charge < -0.3 is 0 Å². The van der Waals surface area contributed by atoms with Crippen LogP contribution in [-0.2, 0) is 0 Å². The monoisotopic (exact) mass is 202 g/mol. The van der Waals surface area contributed by atoms with E-state index in [4.69, 9.17) is 0 Å². The van der Waals surface area contributed by atoms with Crippen LogP contribution >= 0.6 is 0 Å². The fourth-order valence-corrected chi connectivity index (χ4v) is 1.80. The second-order valence-corrected chi connectivity index (χ2v) is 4.74. The van der Waals surface area contributed by atoms with E-state index in [2.05, 4.69) is 34.6 Å². The lowest BCUT2D eigenvalue weighted by Gasteiger charge is -2.19. The van der Waals surface area contributed by atoms with E-state index in [0.29, 0.717) is 0 Å². The predicted octanol–water partition coefficient (Wildman–Crippen LogP) is 5.77. The molecule has 0 amide bonds. The molecule has 0 radical (unpaired) electrons. The van der Waals surface area contributed by atoms with Crippen LogP contribution in [0.3, 0.4) is 0 Å². The van der Waals surface area contributed by atoms with Crippen molar-refractivity contribution >= 4 is 0 Å². The Kier molecular flexibility index (Phi) is 15.5. The van der Waals surface area contributed by atoms with Crippen molar-refractivity contribution in [3.8, 4) is 0 Å². The Morgan fingerprint density at radius 2 is 1.36 bits per heavy atom. The number of hydrogen-bond acceptors (Lipinski definition) is 0. The molecule has 0 nitrogen and oxygen atoms in total. The maximum absolute atomic E-state index is 2.35. The summed E-state index contributed by atoms with van der Waals surface area (Å²) >= 11 is 0. The minimum atomic E-state index is 0. The molecular formula is C14H34. The van der Waals surface area contributed by atoms with Gasteiger partial charge in [0.25, 0.3) is 0 Å². The van der Waals surface area contributed by atoms with Gasteiger partial charge in [-0.15, -0.1) is 0 Å². The van der Waals surface area contributed by atoms with Gasteiger partial charge in [0.1, 0.15) is 0 Å². The largest absolute Gasteiger partial charge is 0.0776 e. The van der Waals surface area contributed by atoms with Crippen molar-refractivity contribution in [3.63, 3.8) is 0 Å². The molecule has 0 aromatic carbocycles. The van der Waals surface area contributed by atoms with Crippen molar-refractivity contribution in [2.45, 2.75) is 75.2 Å². The topological polar surface area (TPSA) is 0 Å².